The van der Waals surface area contributed by atoms with Gasteiger partial charge >= 0.3 is 0 Å². The van der Waals surface area contributed by atoms with Crippen LogP contribution in [0.15, 0.2) is 21.0 Å². The van der Waals surface area contributed by atoms with Crippen LogP contribution in [-0.2, 0) is 6.54 Å². The Bertz CT molecular complexity index is 518. The predicted octanol–water partition coefficient (Wildman–Crippen LogP) is 2.91. The molecule has 104 valence electrons. The predicted molar refractivity (Wildman–Crippen MR) is 71.8 cm³/mol. The summed E-state index contributed by atoms with van der Waals surface area (Å²) in [6, 6.07) is 4.07. The number of rotatable bonds is 6. The molecule has 19 heavy (non-hydrogen) atoms. The van der Waals surface area contributed by atoms with E-state index >= 15 is 0 Å². The molecule has 5 nitrogen and oxygen atoms in total. The van der Waals surface area contributed by atoms with Crippen molar-refractivity contribution in [1.82, 2.24) is 15.1 Å². The lowest BCUT2D eigenvalue weighted by Crippen LogP contribution is -2.20. The van der Waals surface area contributed by atoms with Gasteiger partial charge in [0.2, 0.25) is 11.8 Å². The molecular formula is C14H21N3O2. The molecule has 5 heteroatoms. The van der Waals surface area contributed by atoms with Crippen LogP contribution in [-0.4, -0.2) is 28.7 Å². The first-order valence-corrected chi connectivity index (χ1v) is 6.58. The number of nitrogens with zero attached hydrogens (tertiary/aromatic N) is 3. The van der Waals surface area contributed by atoms with Crippen molar-refractivity contribution in [2.24, 2.45) is 0 Å². The summed E-state index contributed by atoms with van der Waals surface area (Å²) >= 11 is 0. The summed E-state index contributed by atoms with van der Waals surface area (Å²) < 4.78 is 11.0. The Morgan fingerprint density at radius 3 is 2.58 bits per heavy atom. The zero-order chi connectivity index (χ0) is 13.8. The fourth-order valence-electron chi connectivity index (χ4n) is 1.99. The average Bonchev–Trinajstić information content (AvgIpc) is 2.95. The Morgan fingerprint density at radius 1 is 1.21 bits per heavy atom. The molecule has 2 rings (SSSR count). The molecule has 0 saturated carbocycles. The Kier molecular flexibility index (Phi) is 4.37. The highest BCUT2D eigenvalue weighted by Gasteiger charge is 2.12. The van der Waals surface area contributed by atoms with Gasteiger partial charge in [0.05, 0.1) is 6.54 Å². The lowest BCUT2D eigenvalue weighted by molar-refractivity contribution is 0.272. The van der Waals surface area contributed by atoms with E-state index < -0.39 is 0 Å². The third-order valence-corrected chi connectivity index (χ3v) is 3.16. The van der Waals surface area contributed by atoms with Crippen LogP contribution in [0, 0.1) is 13.8 Å². The van der Waals surface area contributed by atoms with E-state index in [-0.39, 0.29) is 0 Å². The van der Waals surface area contributed by atoms with Crippen molar-refractivity contribution >= 4 is 0 Å². The van der Waals surface area contributed by atoms with Crippen molar-refractivity contribution < 1.29 is 8.83 Å². The van der Waals surface area contributed by atoms with Gasteiger partial charge in [0.15, 0.2) is 0 Å². The Morgan fingerprint density at radius 2 is 2.00 bits per heavy atom. The first-order valence-electron chi connectivity index (χ1n) is 6.58. The lowest BCUT2D eigenvalue weighted by atomic mass is 10.1. The van der Waals surface area contributed by atoms with Crippen LogP contribution in [0.2, 0.25) is 0 Å². The summed E-state index contributed by atoms with van der Waals surface area (Å²) in [7, 11) is 2.06. The minimum Gasteiger partial charge on any atom is -0.466 e. The van der Waals surface area contributed by atoms with Gasteiger partial charge in [0, 0.05) is 12.8 Å². The summed E-state index contributed by atoms with van der Waals surface area (Å²) in [6.45, 7) is 7.61. The standard InChI is InChI=1S/C14H21N3O2/c1-10(13-6-5-11(2)18-13)7-8-17(4)9-14-16-15-12(3)19-14/h5-6,10H,7-9H2,1-4H3. The third kappa shape index (κ3) is 3.92. The maximum atomic E-state index is 5.64. The summed E-state index contributed by atoms with van der Waals surface area (Å²) in [5, 5.41) is 7.82. The molecule has 0 saturated heterocycles. The van der Waals surface area contributed by atoms with Crippen molar-refractivity contribution in [1.29, 1.82) is 0 Å². The first-order chi connectivity index (χ1) is 9.04. The molecule has 1 atom stereocenters. The second-order valence-electron chi connectivity index (χ2n) is 5.09. The highest BCUT2D eigenvalue weighted by Crippen LogP contribution is 2.21. The Balaban J connectivity index is 1.78. The minimum absolute atomic E-state index is 0.417. The van der Waals surface area contributed by atoms with E-state index in [1.165, 1.54) is 0 Å². The van der Waals surface area contributed by atoms with Crippen molar-refractivity contribution in [2.45, 2.75) is 39.7 Å². The first kappa shape index (κ1) is 13.8. The molecule has 0 aliphatic rings. The molecule has 0 aliphatic heterocycles. The van der Waals surface area contributed by atoms with Crippen LogP contribution in [0.1, 0.15) is 42.6 Å². The van der Waals surface area contributed by atoms with E-state index in [4.69, 9.17) is 8.83 Å². The van der Waals surface area contributed by atoms with Crippen molar-refractivity contribution in [3.05, 3.63) is 35.4 Å². The highest BCUT2D eigenvalue weighted by molar-refractivity contribution is 5.09. The van der Waals surface area contributed by atoms with Crippen LogP contribution in [0.25, 0.3) is 0 Å². The third-order valence-electron chi connectivity index (χ3n) is 3.16. The zero-order valence-electron chi connectivity index (χ0n) is 12.0. The fourth-order valence-corrected chi connectivity index (χ4v) is 1.99. The molecule has 0 aliphatic carbocycles. The van der Waals surface area contributed by atoms with Gasteiger partial charge in [0.1, 0.15) is 11.5 Å². The lowest BCUT2D eigenvalue weighted by Gasteiger charge is -2.16. The molecular weight excluding hydrogens is 242 g/mol. The zero-order valence-corrected chi connectivity index (χ0v) is 12.0. The van der Waals surface area contributed by atoms with E-state index in [1.54, 1.807) is 6.92 Å². The van der Waals surface area contributed by atoms with E-state index in [0.29, 0.717) is 24.2 Å². The van der Waals surface area contributed by atoms with Gasteiger partial charge in [-0.3, -0.25) is 4.90 Å². The molecule has 2 aromatic heterocycles. The van der Waals surface area contributed by atoms with Gasteiger partial charge in [-0.25, -0.2) is 0 Å². The second-order valence-corrected chi connectivity index (χ2v) is 5.09. The smallest absolute Gasteiger partial charge is 0.230 e. The van der Waals surface area contributed by atoms with Gasteiger partial charge in [-0.05, 0) is 39.1 Å². The number of aromatic nitrogens is 2. The summed E-state index contributed by atoms with van der Waals surface area (Å²) in [5.41, 5.74) is 0. The van der Waals surface area contributed by atoms with Crippen LogP contribution < -0.4 is 0 Å². The number of hydrogen-bond donors (Lipinski definition) is 0. The summed E-state index contributed by atoms with van der Waals surface area (Å²) in [5.74, 6) is 3.72. The Labute approximate surface area is 113 Å². The second kappa shape index (κ2) is 6.02. The summed E-state index contributed by atoms with van der Waals surface area (Å²) in [4.78, 5) is 2.18. The molecule has 0 N–H and O–H groups in total. The number of hydrogen-bond acceptors (Lipinski definition) is 5. The fraction of sp³-hybridized carbons (Fsp3) is 0.571. The van der Waals surface area contributed by atoms with E-state index in [2.05, 4.69) is 35.1 Å². The van der Waals surface area contributed by atoms with Gasteiger partial charge < -0.3 is 8.83 Å². The molecule has 1 unspecified atom stereocenters. The average molecular weight is 263 g/mol. The van der Waals surface area contributed by atoms with Gasteiger partial charge in [-0.15, -0.1) is 10.2 Å². The normalized spacial score (nSPS) is 13.1. The van der Waals surface area contributed by atoms with Crippen LogP contribution in [0.5, 0.6) is 0 Å². The quantitative estimate of drug-likeness (QED) is 0.802. The number of furan rings is 1. The van der Waals surface area contributed by atoms with Gasteiger partial charge in [0.25, 0.3) is 0 Å². The molecule has 0 fully saturated rings. The van der Waals surface area contributed by atoms with Crippen LogP contribution in [0.3, 0.4) is 0 Å². The molecule has 2 aromatic rings. The van der Waals surface area contributed by atoms with Crippen LogP contribution >= 0.6 is 0 Å². The minimum atomic E-state index is 0.417. The van der Waals surface area contributed by atoms with Crippen molar-refractivity contribution in [2.75, 3.05) is 13.6 Å². The van der Waals surface area contributed by atoms with Gasteiger partial charge in [-0.2, -0.15) is 0 Å². The van der Waals surface area contributed by atoms with E-state index in [0.717, 1.165) is 24.5 Å². The topological polar surface area (TPSA) is 55.3 Å². The highest BCUT2D eigenvalue weighted by atomic mass is 16.4. The molecule has 0 amide bonds. The van der Waals surface area contributed by atoms with E-state index in [9.17, 15) is 0 Å². The monoisotopic (exact) mass is 263 g/mol. The SMILES string of the molecule is Cc1ccc(C(C)CCN(C)Cc2nnc(C)o2)o1. The summed E-state index contributed by atoms with van der Waals surface area (Å²) in [6.07, 6.45) is 1.04. The van der Waals surface area contributed by atoms with Crippen molar-refractivity contribution in [3.63, 3.8) is 0 Å². The molecule has 0 aromatic carbocycles. The Hall–Kier alpha value is -1.62. The van der Waals surface area contributed by atoms with Crippen LogP contribution in [0.4, 0.5) is 0 Å². The maximum absolute atomic E-state index is 5.64. The molecule has 0 bridgehead atoms. The molecule has 0 radical (unpaired) electrons. The molecule has 0 spiro atoms. The van der Waals surface area contributed by atoms with Crippen molar-refractivity contribution in [3.8, 4) is 0 Å². The maximum Gasteiger partial charge on any atom is 0.230 e. The molecule has 2 heterocycles. The number of aryl methyl sites for hydroxylation is 2. The van der Waals surface area contributed by atoms with E-state index in [1.807, 2.05) is 13.0 Å². The largest absolute Gasteiger partial charge is 0.466 e. The van der Waals surface area contributed by atoms with Gasteiger partial charge in [-0.1, -0.05) is 6.92 Å².